The first kappa shape index (κ1) is 22.0. The zero-order valence-electron chi connectivity index (χ0n) is 17.7. The summed E-state index contributed by atoms with van der Waals surface area (Å²) >= 11 is 0. The minimum Gasteiger partial charge on any atom is -0.493 e. The molecule has 2 heterocycles. The van der Waals surface area contributed by atoms with Gasteiger partial charge < -0.3 is 28.4 Å². The molecule has 0 saturated carbocycles. The van der Waals surface area contributed by atoms with Gasteiger partial charge in [0.05, 0.1) is 34.1 Å². The van der Waals surface area contributed by atoms with E-state index in [1.807, 2.05) is 0 Å². The lowest BCUT2D eigenvalue weighted by Gasteiger charge is -2.14. The molecule has 3 aromatic rings. The van der Waals surface area contributed by atoms with Crippen molar-refractivity contribution in [3.05, 3.63) is 36.0 Å². The van der Waals surface area contributed by atoms with Crippen LogP contribution in [0.2, 0.25) is 0 Å². The summed E-state index contributed by atoms with van der Waals surface area (Å²) < 4.78 is 33.1. The second-order valence-corrected chi connectivity index (χ2v) is 6.18. The van der Waals surface area contributed by atoms with Crippen LogP contribution in [-0.2, 0) is 16.1 Å². The molecule has 0 bridgehead atoms. The van der Waals surface area contributed by atoms with E-state index in [1.165, 1.54) is 11.6 Å². The first-order chi connectivity index (χ1) is 15.1. The zero-order valence-corrected chi connectivity index (χ0v) is 17.7. The normalized spacial score (nSPS) is 10.6. The van der Waals surface area contributed by atoms with Crippen molar-refractivity contribution < 1.29 is 33.2 Å². The second kappa shape index (κ2) is 10.3. The van der Waals surface area contributed by atoms with Crippen molar-refractivity contribution in [3.63, 3.8) is 0 Å². The number of hydrogen-bond acceptors (Lipinski definition) is 9. The Kier molecular flexibility index (Phi) is 7.33. The van der Waals surface area contributed by atoms with Gasteiger partial charge >= 0.3 is 6.09 Å². The lowest BCUT2D eigenvalue weighted by atomic mass is 10.2. The van der Waals surface area contributed by atoms with Crippen LogP contribution in [0.5, 0.6) is 23.1 Å². The molecule has 0 radical (unpaired) electrons. The molecule has 0 atom stereocenters. The fourth-order valence-electron chi connectivity index (χ4n) is 2.74. The van der Waals surface area contributed by atoms with Crippen molar-refractivity contribution >= 4 is 17.6 Å². The van der Waals surface area contributed by atoms with Crippen molar-refractivity contribution in [1.29, 1.82) is 0 Å². The number of anilines is 1. The zero-order chi connectivity index (χ0) is 22.2. The summed E-state index contributed by atoms with van der Waals surface area (Å²) in [4.78, 5) is 16.0. The van der Waals surface area contributed by atoms with E-state index in [9.17, 15) is 4.79 Å². The minimum absolute atomic E-state index is 0.146. The van der Waals surface area contributed by atoms with E-state index in [2.05, 4.69) is 15.4 Å². The molecule has 0 aliphatic heterocycles. The summed E-state index contributed by atoms with van der Waals surface area (Å²) in [5.41, 5.74) is 1.34. The summed E-state index contributed by atoms with van der Waals surface area (Å²) in [5.74, 6) is 2.25. The van der Waals surface area contributed by atoms with Gasteiger partial charge in [-0.1, -0.05) is 0 Å². The molecule has 1 aromatic carbocycles. The highest BCUT2D eigenvalue weighted by Gasteiger charge is 2.14. The van der Waals surface area contributed by atoms with Gasteiger partial charge in [0, 0.05) is 13.2 Å². The van der Waals surface area contributed by atoms with Gasteiger partial charge in [0.2, 0.25) is 11.6 Å². The molecule has 11 heteroatoms. The van der Waals surface area contributed by atoms with E-state index in [0.29, 0.717) is 41.2 Å². The van der Waals surface area contributed by atoms with Gasteiger partial charge in [-0.05, 0) is 23.8 Å². The van der Waals surface area contributed by atoms with Gasteiger partial charge in [-0.15, -0.1) is 5.10 Å². The van der Waals surface area contributed by atoms with Gasteiger partial charge in [0.1, 0.15) is 13.2 Å². The topological polar surface area (TPSA) is 115 Å². The Bertz CT molecular complexity index is 1010. The smallest absolute Gasteiger partial charge is 0.412 e. The fourth-order valence-corrected chi connectivity index (χ4v) is 2.74. The van der Waals surface area contributed by atoms with Crippen LogP contribution in [0.3, 0.4) is 0 Å². The van der Waals surface area contributed by atoms with Crippen molar-refractivity contribution in [1.82, 2.24) is 14.6 Å². The molecule has 1 N–H and O–H groups in total. The van der Waals surface area contributed by atoms with E-state index in [4.69, 9.17) is 28.4 Å². The van der Waals surface area contributed by atoms with E-state index in [0.717, 1.165) is 5.56 Å². The number of amides is 1. The van der Waals surface area contributed by atoms with E-state index in [1.54, 1.807) is 51.8 Å². The lowest BCUT2D eigenvalue weighted by molar-refractivity contribution is 0.107. The molecular weight excluding hydrogens is 408 g/mol. The quantitative estimate of drug-likeness (QED) is 0.483. The molecule has 0 aliphatic rings. The molecule has 166 valence electrons. The summed E-state index contributed by atoms with van der Waals surface area (Å²) in [6.07, 6.45) is 0.929. The predicted molar refractivity (Wildman–Crippen MR) is 110 cm³/mol. The maximum absolute atomic E-state index is 11.7. The number of nitrogens with one attached hydrogen (secondary N) is 1. The van der Waals surface area contributed by atoms with Crippen LogP contribution in [0, 0.1) is 0 Å². The van der Waals surface area contributed by atoms with E-state index < -0.39 is 6.09 Å². The van der Waals surface area contributed by atoms with Crippen molar-refractivity contribution in [3.8, 4) is 23.1 Å². The van der Waals surface area contributed by atoms with Crippen LogP contribution in [0.25, 0.3) is 5.65 Å². The molecule has 1 amide bonds. The van der Waals surface area contributed by atoms with Crippen LogP contribution in [0.4, 0.5) is 10.6 Å². The van der Waals surface area contributed by atoms with Crippen LogP contribution in [-0.4, -0.2) is 62.3 Å². The molecule has 11 nitrogen and oxygen atoms in total. The maximum Gasteiger partial charge on any atom is 0.412 e. The SMILES string of the molecule is COCCOC(=O)Nc1cn2nc(OCc3cc(OC)c(OC)c(OC)c3)ccc2n1. The molecule has 0 unspecified atom stereocenters. The Balaban J connectivity index is 1.68. The Morgan fingerprint density at radius 3 is 2.42 bits per heavy atom. The summed E-state index contributed by atoms with van der Waals surface area (Å²) in [7, 11) is 6.17. The maximum atomic E-state index is 11.7. The largest absolute Gasteiger partial charge is 0.493 e. The number of nitrogens with zero attached hydrogens (tertiary/aromatic N) is 3. The number of carbonyl (C=O) groups excluding carboxylic acids is 1. The highest BCUT2D eigenvalue weighted by Crippen LogP contribution is 2.38. The standard InChI is InChI=1S/C20H24N4O7/c1-26-7-8-30-20(25)22-16-11-24-17(21-16)5-6-18(23-24)31-12-13-9-14(27-2)19(29-4)15(10-13)28-3/h5-6,9-11H,7-8,12H2,1-4H3,(H,22,25). The Morgan fingerprint density at radius 1 is 1.03 bits per heavy atom. The van der Waals surface area contributed by atoms with Crippen molar-refractivity contribution in [2.45, 2.75) is 6.61 Å². The third-order valence-corrected chi connectivity index (χ3v) is 4.16. The Labute approximate surface area is 178 Å². The van der Waals surface area contributed by atoms with Gasteiger partial charge in [-0.3, -0.25) is 5.32 Å². The van der Waals surface area contributed by atoms with E-state index >= 15 is 0 Å². The van der Waals surface area contributed by atoms with Crippen LogP contribution in [0.15, 0.2) is 30.5 Å². The van der Waals surface area contributed by atoms with Crippen LogP contribution >= 0.6 is 0 Å². The van der Waals surface area contributed by atoms with Gasteiger partial charge in [-0.25, -0.2) is 14.3 Å². The first-order valence-corrected chi connectivity index (χ1v) is 9.28. The first-order valence-electron chi connectivity index (χ1n) is 9.28. The predicted octanol–water partition coefficient (Wildman–Crippen LogP) is 2.53. The van der Waals surface area contributed by atoms with Crippen LogP contribution in [0.1, 0.15) is 5.56 Å². The highest BCUT2D eigenvalue weighted by molar-refractivity contribution is 5.83. The third kappa shape index (κ3) is 5.45. The molecular formula is C20H24N4O7. The third-order valence-electron chi connectivity index (χ3n) is 4.16. The molecule has 0 spiro atoms. The number of carbonyl (C=O) groups is 1. The number of hydrogen-bond donors (Lipinski definition) is 1. The Hall–Kier alpha value is -3.73. The fraction of sp³-hybridized carbons (Fsp3) is 0.350. The number of methoxy groups -OCH3 is 4. The van der Waals surface area contributed by atoms with Crippen LogP contribution < -0.4 is 24.3 Å². The lowest BCUT2D eigenvalue weighted by Crippen LogP contribution is -2.16. The van der Waals surface area contributed by atoms with E-state index in [-0.39, 0.29) is 13.2 Å². The number of ether oxygens (including phenoxy) is 6. The summed E-state index contributed by atoms with van der Waals surface area (Å²) in [6, 6.07) is 7.00. The second-order valence-electron chi connectivity index (χ2n) is 6.18. The number of imidazole rings is 1. The molecule has 0 saturated heterocycles. The average Bonchev–Trinajstić information content (AvgIpc) is 3.18. The number of aromatic nitrogens is 3. The highest BCUT2D eigenvalue weighted by atomic mass is 16.6. The molecule has 31 heavy (non-hydrogen) atoms. The van der Waals surface area contributed by atoms with Crippen molar-refractivity contribution in [2.24, 2.45) is 0 Å². The van der Waals surface area contributed by atoms with Gasteiger partial charge in [0.25, 0.3) is 0 Å². The minimum atomic E-state index is -0.626. The molecule has 0 aliphatic carbocycles. The monoisotopic (exact) mass is 432 g/mol. The molecule has 3 rings (SSSR count). The number of fused-ring (bicyclic) bond motifs is 1. The number of benzene rings is 1. The molecule has 2 aromatic heterocycles. The summed E-state index contributed by atoms with van der Waals surface area (Å²) in [6.45, 7) is 0.681. The Morgan fingerprint density at radius 2 is 1.77 bits per heavy atom. The number of rotatable bonds is 10. The van der Waals surface area contributed by atoms with Crippen molar-refractivity contribution in [2.75, 3.05) is 47.0 Å². The van der Waals surface area contributed by atoms with Gasteiger partial charge in [0.15, 0.2) is 23.0 Å². The summed E-state index contributed by atoms with van der Waals surface area (Å²) in [5, 5.41) is 6.88. The molecule has 0 fully saturated rings. The average molecular weight is 432 g/mol. The van der Waals surface area contributed by atoms with Gasteiger partial charge in [-0.2, -0.15) is 0 Å².